The molecular formula is C14H26IN5. The number of aromatic nitrogens is 2. The van der Waals surface area contributed by atoms with Gasteiger partial charge in [0.05, 0.1) is 6.20 Å². The number of hydrogen-bond acceptors (Lipinski definition) is 2. The Morgan fingerprint density at radius 1 is 1.45 bits per heavy atom. The van der Waals surface area contributed by atoms with Crippen molar-refractivity contribution in [1.82, 2.24) is 14.7 Å². The fourth-order valence-corrected chi connectivity index (χ4v) is 2.42. The van der Waals surface area contributed by atoms with Crippen LogP contribution in [0, 0.1) is 5.92 Å². The molecule has 20 heavy (non-hydrogen) atoms. The summed E-state index contributed by atoms with van der Waals surface area (Å²) < 4.78 is 1.84. The van der Waals surface area contributed by atoms with Gasteiger partial charge in [0, 0.05) is 32.9 Å². The molecular weight excluding hydrogens is 365 g/mol. The van der Waals surface area contributed by atoms with E-state index in [1.807, 2.05) is 17.9 Å². The van der Waals surface area contributed by atoms with Gasteiger partial charge >= 0.3 is 0 Å². The molecule has 1 fully saturated rings. The van der Waals surface area contributed by atoms with Gasteiger partial charge in [-0.3, -0.25) is 9.67 Å². The first kappa shape index (κ1) is 17.3. The number of hydrogen-bond donors (Lipinski definition) is 1. The first-order chi connectivity index (χ1) is 9.15. The molecule has 1 aliphatic heterocycles. The number of nitrogens with zero attached hydrogens (tertiary/aromatic N) is 4. The first-order valence-corrected chi connectivity index (χ1v) is 7.17. The molecule has 0 bridgehead atoms. The molecule has 0 radical (unpaired) electrons. The predicted molar refractivity (Wildman–Crippen MR) is 93.4 cm³/mol. The number of halogens is 1. The van der Waals surface area contributed by atoms with Gasteiger partial charge in [-0.05, 0) is 37.2 Å². The highest BCUT2D eigenvalue weighted by molar-refractivity contribution is 14.0. The van der Waals surface area contributed by atoms with Crippen LogP contribution in [0.3, 0.4) is 0 Å². The maximum atomic E-state index is 6.04. The Kier molecular flexibility index (Phi) is 7.32. The average Bonchev–Trinajstić information content (AvgIpc) is 2.81. The SMILES string of the molecule is CC1CCN(C(N)=NCCCc2cnn(C)c2)CC1.I. The van der Waals surface area contributed by atoms with E-state index in [1.54, 1.807) is 0 Å². The molecule has 0 atom stereocenters. The van der Waals surface area contributed by atoms with Crippen LogP contribution in [0.15, 0.2) is 17.4 Å². The summed E-state index contributed by atoms with van der Waals surface area (Å²) in [7, 11) is 1.94. The Morgan fingerprint density at radius 2 is 2.15 bits per heavy atom. The monoisotopic (exact) mass is 391 g/mol. The summed E-state index contributed by atoms with van der Waals surface area (Å²) in [6, 6.07) is 0. The molecule has 114 valence electrons. The third kappa shape index (κ3) is 5.30. The van der Waals surface area contributed by atoms with Crippen molar-refractivity contribution >= 4 is 29.9 Å². The molecule has 0 aromatic carbocycles. The van der Waals surface area contributed by atoms with E-state index in [2.05, 4.69) is 28.1 Å². The molecule has 2 rings (SSSR count). The van der Waals surface area contributed by atoms with Gasteiger partial charge in [-0.25, -0.2) is 0 Å². The van der Waals surface area contributed by atoms with E-state index in [4.69, 9.17) is 5.73 Å². The lowest BCUT2D eigenvalue weighted by atomic mass is 10.00. The van der Waals surface area contributed by atoms with Gasteiger partial charge in [0.1, 0.15) is 0 Å². The van der Waals surface area contributed by atoms with Crippen molar-refractivity contribution < 1.29 is 0 Å². The zero-order valence-electron chi connectivity index (χ0n) is 12.5. The molecule has 0 amide bonds. The summed E-state index contributed by atoms with van der Waals surface area (Å²) in [6.07, 6.45) is 8.47. The highest BCUT2D eigenvalue weighted by atomic mass is 127. The summed E-state index contributed by atoms with van der Waals surface area (Å²) in [5.74, 6) is 1.55. The summed E-state index contributed by atoms with van der Waals surface area (Å²) in [5.41, 5.74) is 7.30. The maximum absolute atomic E-state index is 6.04. The Balaban J connectivity index is 0.00000200. The molecule has 1 aromatic heterocycles. The van der Waals surface area contributed by atoms with Gasteiger partial charge in [-0.1, -0.05) is 6.92 Å². The Morgan fingerprint density at radius 3 is 2.75 bits per heavy atom. The largest absolute Gasteiger partial charge is 0.370 e. The molecule has 1 saturated heterocycles. The third-order valence-corrected chi connectivity index (χ3v) is 3.76. The van der Waals surface area contributed by atoms with Crippen LogP contribution in [0.2, 0.25) is 0 Å². The van der Waals surface area contributed by atoms with Crippen LogP contribution in [-0.2, 0) is 13.5 Å². The van der Waals surface area contributed by atoms with Crippen molar-refractivity contribution in [2.75, 3.05) is 19.6 Å². The van der Waals surface area contributed by atoms with E-state index in [9.17, 15) is 0 Å². The Labute approximate surface area is 138 Å². The van der Waals surface area contributed by atoms with Gasteiger partial charge < -0.3 is 10.6 Å². The van der Waals surface area contributed by atoms with E-state index in [0.717, 1.165) is 44.4 Å². The minimum absolute atomic E-state index is 0. The van der Waals surface area contributed by atoms with Gasteiger partial charge in [0.15, 0.2) is 5.96 Å². The standard InChI is InChI=1S/C14H25N5.HI/c1-12-5-8-19(9-6-12)14(15)16-7-3-4-13-10-17-18(2)11-13;/h10-12H,3-9H2,1-2H3,(H2,15,16);1H. The number of nitrogens with two attached hydrogens (primary N) is 1. The number of guanidine groups is 1. The van der Waals surface area contributed by atoms with Crippen molar-refractivity contribution in [3.8, 4) is 0 Å². The van der Waals surface area contributed by atoms with Crippen molar-refractivity contribution in [3.05, 3.63) is 18.0 Å². The predicted octanol–water partition coefficient (Wildman–Crippen LogP) is 2.02. The zero-order valence-corrected chi connectivity index (χ0v) is 14.8. The van der Waals surface area contributed by atoms with Gasteiger partial charge in [0.2, 0.25) is 0 Å². The second-order valence-electron chi connectivity index (χ2n) is 5.54. The van der Waals surface area contributed by atoms with E-state index in [-0.39, 0.29) is 24.0 Å². The topological polar surface area (TPSA) is 59.4 Å². The van der Waals surface area contributed by atoms with Crippen LogP contribution in [0.5, 0.6) is 0 Å². The van der Waals surface area contributed by atoms with Crippen LogP contribution >= 0.6 is 24.0 Å². The smallest absolute Gasteiger partial charge is 0.191 e. The van der Waals surface area contributed by atoms with Crippen LogP contribution in [-0.4, -0.2) is 40.3 Å². The number of aliphatic imine (C=N–C) groups is 1. The first-order valence-electron chi connectivity index (χ1n) is 7.17. The van der Waals surface area contributed by atoms with Crippen molar-refractivity contribution in [3.63, 3.8) is 0 Å². The van der Waals surface area contributed by atoms with E-state index in [0.29, 0.717) is 0 Å². The van der Waals surface area contributed by atoms with Gasteiger partial charge in [0.25, 0.3) is 0 Å². The molecule has 2 N–H and O–H groups in total. The van der Waals surface area contributed by atoms with Crippen molar-refractivity contribution in [2.24, 2.45) is 23.7 Å². The van der Waals surface area contributed by atoms with E-state index < -0.39 is 0 Å². The highest BCUT2D eigenvalue weighted by Gasteiger charge is 2.16. The lowest BCUT2D eigenvalue weighted by Gasteiger charge is -2.31. The second kappa shape index (κ2) is 8.49. The highest BCUT2D eigenvalue weighted by Crippen LogP contribution is 2.15. The van der Waals surface area contributed by atoms with Crippen LogP contribution in [0.4, 0.5) is 0 Å². The minimum atomic E-state index is 0. The lowest BCUT2D eigenvalue weighted by molar-refractivity contribution is 0.277. The molecule has 0 saturated carbocycles. The Bertz CT molecular complexity index is 421. The summed E-state index contributed by atoms with van der Waals surface area (Å²) in [6.45, 7) is 5.21. The summed E-state index contributed by atoms with van der Waals surface area (Å²) in [5, 5.41) is 4.16. The molecule has 1 aliphatic rings. The van der Waals surface area contributed by atoms with E-state index >= 15 is 0 Å². The third-order valence-electron chi connectivity index (χ3n) is 3.76. The normalized spacial score (nSPS) is 17.1. The van der Waals surface area contributed by atoms with Gasteiger partial charge in [-0.2, -0.15) is 5.10 Å². The maximum Gasteiger partial charge on any atom is 0.191 e. The average molecular weight is 391 g/mol. The zero-order chi connectivity index (χ0) is 13.7. The Hall–Kier alpha value is -0.790. The van der Waals surface area contributed by atoms with E-state index in [1.165, 1.54) is 18.4 Å². The van der Waals surface area contributed by atoms with Crippen molar-refractivity contribution in [1.29, 1.82) is 0 Å². The molecule has 5 nitrogen and oxygen atoms in total. The number of rotatable bonds is 4. The van der Waals surface area contributed by atoms with Crippen LogP contribution in [0.1, 0.15) is 31.7 Å². The lowest BCUT2D eigenvalue weighted by Crippen LogP contribution is -2.42. The number of likely N-dealkylation sites (tertiary alicyclic amines) is 1. The van der Waals surface area contributed by atoms with Gasteiger partial charge in [-0.15, -0.1) is 24.0 Å². The molecule has 2 heterocycles. The van der Waals surface area contributed by atoms with Crippen LogP contribution in [0.25, 0.3) is 0 Å². The quantitative estimate of drug-likeness (QED) is 0.370. The molecule has 1 aromatic rings. The minimum Gasteiger partial charge on any atom is -0.370 e. The summed E-state index contributed by atoms with van der Waals surface area (Å²) >= 11 is 0. The molecule has 6 heteroatoms. The molecule has 0 unspecified atom stereocenters. The number of piperidine rings is 1. The second-order valence-corrected chi connectivity index (χ2v) is 5.54. The molecule has 0 aliphatic carbocycles. The molecule has 0 spiro atoms. The van der Waals surface area contributed by atoms with Crippen LogP contribution < -0.4 is 5.73 Å². The fraction of sp³-hybridized carbons (Fsp3) is 0.714. The summed E-state index contributed by atoms with van der Waals surface area (Å²) in [4.78, 5) is 6.70. The fourth-order valence-electron chi connectivity index (χ4n) is 2.42. The van der Waals surface area contributed by atoms with Crippen molar-refractivity contribution in [2.45, 2.75) is 32.6 Å². The number of aryl methyl sites for hydroxylation is 2.